The number of hydrogen-bond acceptors (Lipinski definition) is 3. The Morgan fingerprint density at radius 1 is 1.35 bits per heavy atom. The standard InChI is InChI=1S/C12H8Br2F2N2O2/c13-8-3-7(5-19)4-9(14)11(8)20-6-10-17-1-2-18(10)12(15)16/h1-5,12H,6H2. The van der Waals surface area contributed by atoms with Crippen LogP contribution >= 0.6 is 31.9 Å². The molecular weight excluding hydrogens is 402 g/mol. The van der Waals surface area contributed by atoms with Gasteiger partial charge in [0.05, 0.1) is 8.95 Å². The van der Waals surface area contributed by atoms with Gasteiger partial charge in [0.25, 0.3) is 0 Å². The maximum absolute atomic E-state index is 12.7. The number of rotatable bonds is 5. The lowest BCUT2D eigenvalue weighted by atomic mass is 10.2. The highest BCUT2D eigenvalue weighted by atomic mass is 79.9. The molecule has 0 fully saturated rings. The van der Waals surface area contributed by atoms with Gasteiger partial charge in [0.15, 0.2) is 5.82 Å². The van der Waals surface area contributed by atoms with E-state index in [1.54, 1.807) is 12.1 Å². The van der Waals surface area contributed by atoms with E-state index >= 15 is 0 Å². The van der Waals surface area contributed by atoms with Gasteiger partial charge < -0.3 is 4.74 Å². The van der Waals surface area contributed by atoms with Crippen molar-refractivity contribution < 1.29 is 18.3 Å². The van der Waals surface area contributed by atoms with Gasteiger partial charge in [-0.15, -0.1) is 0 Å². The number of nitrogens with zero attached hydrogens (tertiary/aromatic N) is 2. The number of aromatic nitrogens is 2. The first kappa shape index (κ1) is 15.1. The van der Waals surface area contributed by atoms with Gasteiger partial charge in [-0.1, -0.05) is 0 Å². The molecule has 0 saturated heterocycles. The molecule has 0 aliphatic heterocycles. The Bertz CT molecular complexity index is 609. The second-order valence-corrected chi connectivity index (χ2v) is 5.46. The first-order chi connectivity index (χ1) is 9.52. The van der Waals surface area contributed by atoms with Crippen LogP contribution in [0.25, 0.3) is 0 Å². The monoisotopic (exact) mass is 408 g/mol. The molecule has 2 aromatic rings. The number of benzene rings is 1. The molecule has 0 unspecified atom stereocenters. The van der Waals surface area contributed by atoms with Crippen LogP contribution in [0.1, 0.15) is 22.7 Å². The SMILES string of the molecule is O=Cc1cc(Br)c(OCc2nccn2C(F)F)c(Br)c1. The molecule has 4 nitrogen and oxygen atoms in total. The molecule has 0 aliphatic rings. The lowest BCUT2D eigenvalue weighted by molar-refractivity contribution is 0.0631. The third-order valence-corrected chi connectivity index (χ3v) is 3.64. The Hall–Kier alpha value is -1.28. The van der Waals surface area contributed by atoms with Crippen LogP contribution in [0.5, 0.6) is 5.75 Å². The number of halogens is 4. The summed E-state index contributed by atoms with van der Waals surface area (Å²) in [5, 5.41) is 0. The fourth-order valence-electron chi connectivity index (χ4n) is 1.56. The van der Waals surface area contributed by atoms with E-state index in [2.05, 4.69) is 36.8 Å². The Kier molecular flexibility index (Phi) is 4.87. The lowest BCUT2D eigenvalue weighted by Gasteiger charge is -2.11. The largest absolute Gasteiger partial charge is 0.483 e. The molecule has 0 aliphatic carbocycles. The number of alkyl halides is 2. The van der Waals surface area contributed by atoms with Crippen molar-refractivity contribution in [1.82, 2.24) is 9.55 Å². The highest BCUT2D eigenvalue weighted by Gasteiger charge is 2.14. The number of imidazole rings is 1. The van der Waals surface area contributed by atoms with Gasteiger partial charge in [0, 0.05) is 18.0 Å². The number of ether oxygens (including phenoxy) is 1. The summed E-state index contributed by atoms with van der Waals surface area (Å²) in [4.78, 5) is 14.5. The van der Waals surface area contributed by atoms with Crippen molar-refractivity contribution in [3.63, 3.8) is 0 Å². The summed E-state index contributed by atoms with van der Waals surface area (Å²) in [6.45, 7) is -2.78. The molecule has 0 N–H and O–H groups in total. The molecule has 0 radical (unpaired) electrons. The number of hydrogen-bond donors (Lipinski definition) is 0. The Morgan fingerprint density at radius 3 is 2.55 bits per heavy atom. The predicted molar refractivity (Wildman–Crippen MR) is 75.0 cm³/mol. The van der Waals surface area contributed by atoms with Crippen molar-refractivity contribution in [3.05, 3.63) is 44.9 Å². The van der Waals surface area contributed by atoms with Gasteiger partial charge in [0.2, 0.25) is 0 Å². The molecule has 0 saturated carbocycles. The summed E-state index contributed by atoms with van der Waals surface area (Å²) >= 11 is 6.52. The van der Waals surface area contributed by atoms with E-state index in [-0.39, 0.29) is 12.4 Å². The zero-order valence-corrected chi connectivity index (χ0v) is 13.1. The first-order valence-electron chi connectivity index (χ1n) is 5.39. The Labute approximate surface area is 130 Å². The molecule has 0 atom stereocenters. The van der Waals surface area contributed by atoms with Crippen LogP contribution in [-0.2, 0) is 6.61 Å². The fourth-order valence-corrected chi connectivity index (χ4v) is 3.01. The lowest BCUT2D eigenvalue weighted by Crippen LogP contribution is -2.07. The fraction of sp³-hybridized carbons (Fsp3) is 0.167. The molecule has 20 heavy (non-hydrogen) atoms. The topological polar surface area (TPSA) is 44.1 Å². The van der Waals surface area contributed by atoms with Crippen LogP contribution in [0.15, 0.2) is 33.5 Å². The molecule has 1 heterocycles. The second-order valence-electron chi connectivity index (χ2n) is 3.75. The summed E-state index contributed by atoms with van der Waals surface area (Å²) in [7, 11) is 0. The van der Waals surface area contributed by atoms with Crippen LogP contribution in [0, 0.1) is 0 Å². The zero-order chi connectivity index (χ0) is 14.7. The molecule has 1 aromatic heterocycles. The van der Waals surface area contributed by atoms with Crippen molar-refractivity contribution in [3.8, 4) is 5.75 Å². The Morgan fingerprint density at radius 2 is 2.00 bits per heavy atom. The predicted octanol–water partition coefficient (Wildman–Crippen LogP) is 4.19. The summed E-state index contributed by atoms with van der Waals surface area (Å²) in [6, 6.07) is 3.15. The third-order valence-electron chi connectivity index (χ3n) is 2.46. The molecule has 1 aromatic carbocycles. The van der Waals surface area contributed by atoms with E-state index in [0.29, 0.717) is 26.5 Å². The van der Waals surface area contributed by atoms with Crippen molar-refractivity contribution >= 4 is 38.1 Å². The smallest absolute Gasteiger partial charge is 0.320 e. The average Bonchev–Trinajstić information content (AvgIpc) is 2.86. The molecule has 0 amide bonds. The molecule has 2 rings (SSSR count). The van der Waals surface area contributed by atoms with E-state index in [1.807, 2.05) is 0 Å². The maximum Gasteiger partial charge on any atom is 0.320 e. The van der Waals surface area contributed by atoms with Crippen LogP contribution in [-0.4, -0.2) is 15.8 Å². The van der Waals surface area contributed by atoms with E-state index < -0.39 is 6.55 Å². The first-order valence-corrected chi connectivity index (χ1v) is 6.98. The van der Waals surface area contributed by atoms with Crippen LogP contribution in [0.3, 0.4) is 0 Å². The minimum atomic E-state index is -2.67. The quantitative estimate of drug-likeness (QED) is 0.695. The zero-order valence-electron chi connectivity index (χ0n) is 9.89. The minimum absolute atomic E-state index is 0.110. The van der Waals surface area contributed by atoms with Gasteiger partial charge in [0.1, 0.15) is 18.6 Å². The molecule has 0 spiro atoms. The Balaban J connectivity index is 2.19. The van der Waals surface area contributed by atoms with E-state index in [1.165, 1.54) is 12.4 Å². The van der Waals surface area contributed by atoms with Crippen molar-refractivity contribution in [2.24, 2.45) is 0 Å². The number of carbonyl (C=O) groups excluding carboxylic acids is 1. The van der Waals surface area contributed by atoms with Gasteiger partial charge >= 0.3 is 6.55 Å². The summed E-state index contributed by atoms with van der Waals surface area (Å²) in [5.41, 5.74) is 0.463. The normalized spacial score (nSPS) is 10.8. The van der Waals surface area contributed by atoms with Gasteiger partial charge in [-0.25, -0.2) is 4.98 Å². The third kappa shape index (κ3) is 3.24. The number of carbonyl (C=O) groups is 1. The van der Waals surface area contributed by atoms with Crippen LogP contribution in [0.2, 0.25) is 0 Å². The van der Waals surface area contributed by atoms with E-state index in [0.717, 1.165) is 4.57 Å². The summed E-state index contributed by atoms with van der Waals surface area (Å²) in [6.07, 6.45) is 3.16. The molecule has 0 bridgehead atoms. The van der Waals surface area contributed by atoms with Crippen LogP contribution in [0.4, 0.5) is 8.78 Å². The van der Waals surface area contributed by atoms with Crippen molar-refractivity contribution in [2.45, 2.75) is 13.2 Å². The van der Waals surface area contributed by atoms with Gasteiger partial charge in [-0.2, -0.15) is 8.78 Å². The highest BCUT2D eigenvalue weighted by molar-refractivity contribution is 9.11. The second kappa shape index (κ2) is 6.45. The van der Waals surface area contributed by atoms with Crippen molar-refractivity contribution in [1.29, 1.82) is 0 Å². The molecule has 8 heteroatoms. The molecule has 106 valence electrons. The van der Waals surface area contributed by atoms with Crippen LogP contribution < -0.4 is 4.74 Å². The number of aldehydes is 1. The summed E-state index contributed by atoms with van der Waals surface area (Å²) < 4.78 is 32.6. The molecular formula is C12H8Br2F2N2O2. The highest BCUT2D eigenvalue weighted by Crippen LogP contribution is 2.35. The minimum Gasteiger partial charge on any atom is -0.483 e. The van der Waals surface area contributed by atoms with E-state index in [4.69, 9.17) is 4.74 Å². The van der Waals surface area contributed by atoms with Gasteiger partial charge in [-0.05, 0) is 44.0 Å². The average molecular weight is 410 g/mol. The van der Waals surface area contributed by atoms with E-state index in [9.17, 15) is 13.6 Å². The summed E-state index contributed by atoms with van der Waals surface area (Å²) in [5.74, 6) is 0.526. The maximum atomic E-state index is 12.7. The van der Waals surface area contributed by atoms with Gasteiger partial charge in [-0.3, -0.25) is 9.36 Å². The van der Waals surface area contributed by atoms with Crippen molar-refractivity contribution in [2.75, 3.05) is 0 Å².